The molecular weight excluding hydrogens is 454 g/mol. The molecule has 35 heavy (non-hydrogen) atoms. The predicted octanol–water partition coefficient (Wildman–Crippen LogP) is 3.90. The highest BCUT2D eigenvalue weighted by Crippen LogP contribution is 2.36. The normalized spacial score (nSPS) is 18.6. The van der Waals surface area contributed by atoms with Gasteiger partial charge in [0, 0.05) is 56.5 Å². The Kier molecular flexibility index (Phi) is 6.48. The molecule has 1 atom stereocenters. The molecule has 1 aliphatic heterocycles. The maximum atomic E-state index is 14.1. The zero-order valence-electron chi connectivity index (χ0n) is 21.1. The molecule has 1 amide bonds. The van der Waals surface area contributed by atoms with Crippen LogP contribution < -0.4 is 10.2 Å². The van der Waals surface area contributed by atoms with Gasteiger partial charge in [-0.05, 0) is 33.4 Å². The first-order chi connectivity index (χ1) is 16.4. The van der Waals surface area contributed by atoms with Crippen LogP contribution in [-0.4, -0.2) is 67.3 Å². The van der Waals surface area contributed by atoms with Crippen LogP contribution in [0.1, 0.15) is 52.6 Å². The quantitative estimate of drug-likeness (QED) is 0.542. The standard InChI is InChI=1S/C24H32F2N8O/c1-7-33(8-2)23(5)9-10-32(14-23)21-17-13-27-19(29-16(4)35)12-18(17)34(31-21)20-11-15(3)28-22(30-20)24(6,25)26/h11-13H,7-10,14H2,1-6H3,(H,27,29,35). The fourth-order valence-corrected chi connectivity index (χ4v) is 4.88. The minimum absolute atomic E-state index is 0.00784. The maximum absolute atomic E-state index is 14.1. The van der Waals surface area contributed by atoms with E-state index in [1.165, 1.54) is 11.6 Å². The summed E-state index contributed by atoms with van der Waals surface area (Å²) >= 11 is 0. The molecule has 1 unspecified atom stereocenters. The van der Waals surface area contributed by atoms with Gasteiger partial charge >= 0.3 is 5.92 Å². The Morgan fingerprint density at radius 2 is 1.97 bits per heavy atom. The Balaban J connectivity index is 1.86. The van der Waals surface area contributed by atoms with Gasteiger partial charge in [0.15, 0.2) is 11.6 Å². The number of nitrogens with one attached hydrogen (secondary N) is 1. The molecule has 188 valence electrons. The van der Waals surface area contributed by atoms with Crippen molar-refractivity contribution in [3.63, 3.8) is 0 Å². The topological polar surface area (TPSA) is 92.1 Å². The summed E-state index contributed by atoms with van der Waals surface area (Å²) in [5, 5.41) is 8.27. The molecule has 3 aromatic heterocycles. The van der Waals surface area contributed by atoms with Crippen LogP contribution in [0.4, 0.5) is 20.4 Å². The molecule has 1 aliphatic rings. The third-order valence-electron chi connectivity index (χ3n) is 6.58. The second kappa shape index (κ2) is 9.10. The summed E-state index contributed by atoms with van der Waals surface area (Å²) in [5.74, 6) is -2.74. The van der Waals surface area contributed by atoms with Crippen LogP contribution in [0.3, 0.4) is 0 Å². The van der Waals surface area contributed by atoms with Gasteiger partial charge in [-0.25, -0.2) is 19.6 Å². The first-order valence-electron chi connectivity index (χ1n) is 11.9. The van der Waals surface area contributed by atoms with Crippen molar-refractivity contribution in [3.8, 4) is 5.82 Å². The van der Waals surface area contributed by atoms with Gasteiger partial charge < -0.3 is 10.2 Å². The first-order valence-corrected chi connectivity index (χ1v) is 11.9. The van der Waals surface area contributed by atoms with Gasteiger partial charge in [-0.1, -0.05) is 13.8 Å². The largest absolute Gasteiger partial charge is 0.353 e. The molecule has 0 radical (unpaired) electrons. The van der Waals surface area contributed by atoms with Crippen LogP contribution >= 0.6 is 0 Å². The van der Waals surface area contributed by atoms with Crippen molar-refractivity contribution in [2.24, 2.45) is 0 Å². The van der Waals surface area contributed by atoms with Crippen LogP contribution in [-0.2, 0) is 10.7 Å². The van der Waals surface area contributed by atoms with Crippen LogP contribution in [0.25, 0.3) is 16.7 Å². The van der Waals surface area contributed by atoms with Crippen molar-refractivity contribution >= 4 is 28.4 Å². The lowest BCUT2D eigenvalue weighted by atomic mass is 9.99. The minimum Gasteiger partial charge on any atom is -0.353 e. The summed E-state index contributed by atoms with van der Waals surface area (Å²) < 4.78 is 29.7. The van der Waals surface area contributed by atoms with Crippen LogP contribution in [0.5, 0.6) is 0 Å². The number of carbonyl (C=O) groups is 1. The van der Waals surface area contributed by atoms with Gasteiger partial charge in [0.1, 0.15) is 5.82 Å². The number of fused-ring (bicyclic) bond motifs is 1. The number of halogens is 2. The molecule has 0 aromatic carbocycles. The number of carbonyl (C=O) groups excluding carboxylic acids is 1. The highest BCUT2D eigenvalue weighted by molar-refractivity contribution is 5.95. The van der Waals surface area contributed by atoms with E-state index >= 15 is 0 Å². The lowest BCUT2D eigenvalue weighted by molar-refractivity contribution is -0.114. The van der Waals surface area contributed by atoms with E-state index in [1.54, 1.807) is 25.3 Å². The summed E-state index contributed by atoms with van der Waals surface area (Å²) in [4.78, 5) is 28.7. The number of nitrogens with zero attached hydrogens (tertiary/aromatic N) is 7. The van der Waals surface area contributed by atoms with E-state index < -0.39 is 11.7 Å². The predicted molar refractivity (Wildman–Crippen MR) is 131 cm³/mol. The summed E-state index contributed by atoms with van der Waals surface area (Å²) in [6.45, 7) is 13.9. The molecule has 1 saturated heterocycles. The molecule has 0 aliphatic carbocycles. The number of aryl methyl sites for hydroxylation is 1. The molecule has 1 N–H and O–H groups in total. The van der Waals surface area contributed by atoms with E-state index in [9.17, 15) is 13.6 Å². The third kappa shape index (κ3) is 4.82. The van der Waals surface area contributed by atoms with Crippen molar-refractivity contribution in [3.05, 3.63) is 29.8 Å². The Morgan fingerprint density at radius 3 is 2.60 bits per heavy atom. The minimum atomic E-state index is -3.20. The first kappa shape index (κ1) is 24.9. The number of pyridine rings is 1. The fourth-order valence-electron chi connectivity index (χ4n) is 4.88. The van der Waals surface area contributed by atoms with Gasteiger partial charge in [0.05, 0.1) is 10.9 Å². The lowest BCUT2D eigenvalue weighted by Gasteiger charge is -2.37. The van der Waals surface area contributed by atoms with Gasteiger partial charge in [0.2, 0.25) is 11.7 Å². The van der Waals surface area contributed by atoms with E-state index in [-0.39, 0.29) is 17.3 Å². The fraction of sp³-hybridized carbons (Fsp3) is 0.542. The summed E-state index contributed by atoms with van der Waals surface area (Å²) in [6.07, 6.45) is 2.63. The summed E-state index contributed by atoms with van der Waals surface area (Å²) in [5.41, 5.74) is 1.01. The van der Waals surface area contributed by atoms with E-state index in [0.717, 1.165) is 44.9 Å². The van der Waals surface area contributed by atoms with Crippen molar-refractivity contribution in [2.75, 3.05) is 36.4 Å². The van der Waals surface area contributed by atoms with Gasteiger partial charge in [0.25, 0.3) is 0 Å². The molecule has 0 bridgehead atoms. The number of hydrogen-bond acceptors (Lipinski definition) is 7. The number of rotatable bonds is 7. The van der Waals surface area contributed by atoms with E-state index in [1.807, 2.05) is 0 Å². The third-order valence-corrected chi connectivity index (χ3v) is 6.58. The molecule has 9 nitrogen and oxygen atoms in total. The Bertz CT molecular complexity index is 1250. The molecule has 4 heterocycles. The Labute approximate surface area is 203 Å². The SMILES string of the molecule is CCN(CC)C1(C)CCN(c2nn(-c3cc(C)nc(C(C)(F)F)n3)c3cc(NC(C)=O)ncc23)C1. The number of amides is 1. The monoisotopic (exact) mass is 486 g/mol. The number of likely N-dealkylation sites (N-methyl/N-ethyl adjacent to an activating group) is 1. The molecule has 0 saturated carbocycles. The zero-order chi connectivity index (χ0) is 25.5. The summed E-state index contributed by atoms with van der Waals surface area (Å²) in [7, 11) is 0. The number of hydrogen-bond donors (Lipinski definition) is 1. The molecule has 4 rings (SSSR count). The van der Waals surface area contributed by atoms with E-state index in [2.05, 4.69) is 50.8 Å². The Hall–Kier alpha value is -3.21. The van der Waals surface area contributed by atoms with Crippen LogP contribution in [0.2, 0.25) is 0 Å². The second-order valence-electron chi connectivity index (χ2n) is 9.42. The number of aromatic nitrogens is 5. The van der Waals surface area contributed by atoms with Crippen molar-refractivity contribution in [2.45, 2.75) is 59.4 Å². The van der Waals surface area contributed by atoms with Crippen molar-refractivity contribution < 1.29 is 13.6 Å². The second-order valence-corrected chi connectivity index (χ2v) is 9.42. The lowest BCUT2D eigenvalue weighted by Crippen LogP contribution is -2.48. The molecular formula is C24H32F2N8O. The van der Waals surface area contributed by atoms with Crippen molar-refractivity contribution in [1.29, 1.82) is 0 Å². The zero-order valence-corrected chi connectivity index (χ0v) is 21.1. The highest BCUT2D eigenvalue weighted by atomic mass is 19.3. The molecule has 3 aromatic rings. The number of alkyl halides is 2. The number of anilines is 2. The average molecular weight is 487 g/mol. The van der Waals surface area contributed by atoms with Gasteiger partial charge in [-0.2, -0.15) is 8.78 Å². The molecule has 11 heteroatoms. The van der Waals surface area contributed by atoms with Crippen LogP contribution in [0, 0.1) is 6.92 Å². The summed E-state index contributed by atoms with van der Waals surface area (Å²) in [6, 6.07) is 3.31. The van der Waals surface area contributed by atoms with E-state index in [0.29, 0.717) is 22.8 Å². The Morgan fingerprint density at radius 1 is 1.26 bits per heavy atom. The van der Waals surface area contributed by atoms with E-state index in [4.69, 9.17) is 5.10 Å². The smallest absolute Gasteiger partial charge is 0.303 e. The highest BCUT2D eigenvalue weighted by Gasteiger charge is 2.39. The molecule has 1 fully saturated rings. The van der Waals surface area contributed by atoms with Gasteiger partial charge in [-0.3, -0.25) is 9.69 Å². The molecule has 0 spiro atoms. The van der Waals surface area contributed by atoms with Crippen LogP contribution in [0.15, 0.2) is 18.3 Å². The van der Waals surface area contributed by atoms with Gasteiger partial charge in [-0.15, -0.1) is 5.10 Å². The average Bonchev–Trinajstić information content (AvgIpc) is 3.34. The maximum Gasteiger partial charge on any atom is 0.303 e. The van der Waals surface area contributed by atoms with Crippen molar-refractivity contribution in [1.82, 2.24) is 29.6 Å².